The van der Waals surface area contributed by atoms with Gasteiger partial charge in [0, 0.05) is 36.1 Å². The van der Waals surface area contributed by atoms with Crippen molar-refractivity contribution in [3.05, 3.63) is 161 Å². The molecule has 0 aliphatic heterocycles. The summed E-state index contributed by atoms with van der Waals surface area (Å²) in [5, 5.41) is 0.871. The zero-order valence-corrected chi connectivity index (χ0v) is 30.2. The van der Waals surface area contributed by atoms with Crippen LogP contribution in [0.5, 0.6) is 0 Å². The van der Waals surface area contributed by atoms with Crippen molar-refractivity contribution in [2.24, 2.45) is 5.92 Å². The van der Waals surface area contributed by atoms with E-state index in [4.69, 9.17) is 0 Å². The summed E-state index contributed by atoms with van der Waals surface area (Å²) in [6, 6.07) is 37.7. The summed E-state index contributed by atoms with van der Waals surface area (Å²) >= 11 is 0. The second kappa shape index (κ2) is 15.6. The van der Waals surface area contributed by atoms with Crippen molar-refractivity contribution in [3.63, 3.8) is 0 Å². The fourth-order valence-electron chi connectivity index (χ4n) is 6.67. The molecular weight excluding hydrogens is 671 g/mol. The number of nitrogens with zero attached hydrogens (tertiary/aromatic N) is 1. The molecule has 8 nitrogen and oxygen atoms in total. The first-order valence-corrected chi connectivity index (χ1v) is 18.7. The van der Waals surface area contributed by atoms with Gasteiger partial charge in [-0.15, -0.1) is 0 Å². The van der Waals surface area contributed by atoms with Crippen LogP contribution in [0.4, 0.5) is 0 Å². The molecule has 1 aromatic heterocycles. The number of ketones is 1. The van der Waals surface area contributed by atoms with Crippen molar-refractivity contribution in [2.75, 3.05) is 7.05 Å². The number of sulfonamides is 1. The average Bonchev–Trinajstić information content (AvgIpc) is 3.56. The third kappa shape index (κ3) is 8.38. The molecule has 0 unspecified atom stereocenters. The number of hydrogen-bond acceptors (Lipinski definition) is 5. The van der Waals surface area contributed by atoms with Crippen LogP contribution < -0.4 is 4.72 Å². The number of fused-ring (bicyclic) bond motifs is 1. The lowest BCUT2D eigenvalue weighted by Gasteiger charge is -2.29. The second-order valence-electron chi connectivity index (χ2n) is 13.3. The summed E-state index contributed by atoms with van der Waals surface area (Å²) in [7, 11) is -2.61. The van der Waals surface area contributed by atoms with E-state index < -0.39 is 27.9 Å². The number of benzene rings is 5. The standard InChI is InChI=1S/C43H41N3O5S/c1-29-22-30(2)24-35(23-29)43(49)46(3)40(25-31-18-20-33(21-19-31)32-12-6-4-7-13-32)41(47)27-34(26-36-28-44-39-17-11-10-16-38(36)39)42(48)45-52(50,51)37-14-8-5-9-15-37/h4-24,28,34,40,44H,25-27H2,1-3H3,(H,45,48)/t34-,40-/m1/s1. The highest BCUT2D eigenvalue weighted by atomic mass is 32.2. The number of aromatic nitrogens is 1. The second-order valence-corrected chi connectivity index (χ2v) is 15.0. The molecule has 0 aliphatic carbocycles. The van der Waals surface area contributed by atoms with Gasteiger partial charge in [0.05, 0.1) is 16.9 Å². The third-order valence-electron chi connectivity index (χ3n) is 9.37. The van der Waals surface area contributed by atoms with Gasteiger partial charge in [-0.3, -0.25) is 14.4 Å². The molecule has 0 spiro atoms. The molecule has 0 aliphatic rings. The van der Waals surface area contributed by atoms with Crippen molar-refractivity contribution >= 4 is 38.5 Å². The lowest BCUT2D eigenvalue weighted by molar-refractivity contribution is -0.130. The van der Waals surface area contributed by atoms with E-state index in [1.807, 2.05) is 98.8 Å². The summed E-state index contributed by atoms with van der Waals surface area (Å²) in [4.78, 5) is 47.1. The molecule has 0 fully saturated rings. The van der Waals surface area contributed by atoms with Crippen molar-refractivity contribution in [1.29, 1.82) is 0 Å². The van der Waals surface area contributed by atoms with Crippen LogP contribution in [0.3, 0.4) is 0 Å². The fourth-order valence-corrected chi connectivity index (χ4v) is 7.74. The van der Waals surface area contributed by atoms with Gasteiger partial charge in [-0.05, 0) is 79.3 Å². The Labute approximate surface area is 304 Å². The van der Waals surface area contributed by atoms with Crippen molar-refractivity contribution in [3.8, 4) is 11.1 Å². The number of aromatic amines is 1. The fraction of sp³-hybridized carbons (Fsp3) is 0.186. The minimum absolute atomic E-state index is 0.0591. The van der Waals surface area contributed by atoms with Crippen molar-refractivity contribution in [1.82, 2.24) is 14.6 Å². The zero-order chi connectivity index (χ0) is 36.8. The molecule has 2 N–H and O–H groups in total. The number of amides is 2. The van der Waals surface area contributed by atoms with E-state index in [1.54, 1.807) is 43.6 Å². The Morgan fingerprint density at radius 3 is 2.00 bits per heavy atom. The van der Waals surface area contributed by atoms with E-state index in [2.05, 4.69) is 9.71 Å². The van der Waals surface area contributed by atoms with Crippen LogP contribution in [0.2, 0.25) is 0 Å². The van der Waals surface area contributed by atoms with Gasteiger partial charge in [0.2, 0.25) is 5.91 Å². The van der Waals surface area contributed by atoms with E-state index in [0.717, 1.165) is 44.3 Å². The summed E-state index contributed by atoms with van der Waals surface area (Å²) < 4.78 is 28.8. The van der Waals surface area contributed by atoms with E-state index in [-0.39, 0.29) is 35.8 Å². The number of aryl methyl sites for hydroxylation is 2. The highest BCUT2D eigenvalue weighted by Gasteiger charge is 2.34. The Bertz CT molecular complexity index is 2300. The average molecular weight is 712 g/mol. The maximum atomic E-state index is 14.6. The zero-order valence-electron chi connectivity index (χ0n) is 29.4. The number of rotatable bonds is 13. The van der Waals surface area contributed by atoms with E-state index in [1.165, 1.54) is 17.0 Å². The van der Waals surface area contributed by atoms with Crippen LogP contribution in [-0.4, -0.2) is 49.0 Å². The highest BCUT2D eigenvalue weighted by Crippen LogP contribution is 2.26. The predicted molar refractivity (Wildman–Crippen MR) is 204 cm³/mol. The molecule has 264 valence electrons. The molecule has 1 heterocycles. The first-order chi connectivity index (χ1) is 25.0. The van der Waals surface area contributed by atoms with Crippen LogP contribution >= 0.6 is 0 Å². The van der Waals surface area contributed by atoms with Crippen molar-refractivity contribution < 1.29 is 22.8 Å². The van der Waals surface area contributed by atoms with Gasteiger partial charge in [0.25, 0.3) is 15.9 Å². The van der Waals surface area contributed by atoms with Gasteiger partial charge in [0.1, 0.15) is 0 Å². The summed E-state index contributed by atoms with van der Waals surface area (Å²) in [6.45, 7) is 3.83. The predicted octanol–water partition coefficient (Wildman–Crippen LogP) is 7.46. The quantitative estimate of drug-likeness (QED) is 0.129. The van der Waals surface area contributed by atoms with Gasteiger partial charge in [-0.2, -0.15) is 0 Å². The Balaban J connectivity index is 1.33. The Morgan fingerprint density at radius 2 is 1.33 bits per heavy atom. The van der Waals surface area contributed by atoms with Gasteiger partial charge in [-0.1, -0.05) is 108 Å². The molecule has 6 rings (SSSR count). The lowest BCUT2D eigenvalue weighted by atomic mass is 9.89. The van der Waals surface area contributed by atoms with Gasteiger partial charge >= 0.3 is 0 Å². The van der Waals surface area contributed by atoms with E-state index in [9.17, 15) is 22.8 Å². The molecule has 0 saturated carbocycles. The number of nitrogens with one attached hydrogen (secondary N) is 2. The molecule has 0 radical (unpaired) electrons. The number of para-hydroxylation sites is 1. The molecule has 9 heteroatoms. The van der Waals surface area contributed by atoms with Crippen LogP contribution in [0, 0.1) is 19.8 Å². The molecule has 0 bridgehead atoms. The lowest BCUT2D eigenvalue weighted by Crippen LogP contribution is -2.46. The van der Waals surface area contributed by atoms with Gasteiger partial charge in [0.15, 0.2) is 5.78 Å². The van der Waals surface area contributed by atoms with Gasteiger partial charge < -0.3 is 9.88 Å². The number of carbonyl (C=O) groups excluding carboxylic acids is 3. The topological polar surface area (TPSA) is 116 Å². The van der Waals surface area contributed by atoms with E-state index in [0.29, 0.717) is 5.56 Å². The Hall–Kier alpha value is -5.80. The number of likely N-dealkylation sites (N-methyl/N-ethyl adjacent to an activating group) is 1. The minimum atomic E-state index is -4.21. The molecule has 2 amide bonds. The SMILES string of the molecule is Cc1cc(C)cc(C(=O)N(C)[C@H](Cc2ccc(-c3ccccc3)cc2)C(=O)C[C@@H](Cc2c[nH]c3ccccc23)C(=O)NS(=O)(=O)c2ccccc2)c1. The maximum Gasteiger partial charge on any atom is 0.264 e. The molecule has 6 aromatic rings. The summed E-state index contributed by atoms with van der Waals surface area (Å²) in [5.41, 5.74) is 6.84. The number of Topliss-reactive ketones (excluding diaryl/α,β-unsaturated/α-hetero) is 1. The summed E-state index contributed by atoms with van der Waals surface area (Å²) in [6.07, 6.45) is 1.78. The van der Waals surface area contributed by atoms with Crippen LogP contribution in [0.15, 0.2) is 138 Å². The largest absolute Gasteiger partial charge is 0.361 e. The number of carbonyl (C=O) groups is 3. The number of hydrogen-bond donors (Lipinski definition) is 2. The first kappa shape index (κ1) is 36.0. The molecule has 0 saturated heterocycles. The normalized spacial score (nSPS) is 12.6. The third-order valence-corrected chi connectivity index (χ3v) is 10.7. The van der Waals surface area contributed by atoms with E-state index >= 15 is 0 Å². The maximum absolute atomic E-state index is 14.6. The van der Waals surface area contributed by atoms with Crippen LogP contribution in [0.1, 0.15) is 39.0 Å². The Kier molecular flexibility index (Phi) is 10.8. The summed E-state index contributed by atoms with van der Waals surface area (Å²) in [5.74, 6) is -2.53. The molecule has 2 atom stereocenters. The number of H-pyrrole nitrogens is 1. The molecular formula is C43H41N3O5S. The van der Waals surface area contributed by atoms with Crippen LogP contribution in [0.25, 0.3) is 22.0 Å². The minimum Gasteiger partial charge on any atom is -0.361 e. The Morgan fingerprint density at radius 1 is 0.731 bits per heavy atom. The molecule has 52 heavy (non-hydrogen) atoms. The van der Waals surface area contributed by atoms with Crippen LogP contribution in [-0.2, 0) is 32.5 Å². The smallest absolute Gasteiger partial charge is 0.264 e. The molecule has 5 aromatic carbocycles. The monoisotopic (exact) mass is 711 g/mol. The van der Waals surface area contributed by atoms with Gasteiger partial charge in [-0.25, -0.2) is 13.1 Å². The first-order valence-electron chi connectivity index (χ1n) is 17.2. The van der Waals surface area contributed by atoms with Crippen molar-refractivity contribution in [2.45, 2.75) is 44.0 Å². The highest BCUT2D eigenvalue weighted by molar-refractivity contribution is 7.90.